The van der Waals surface area contributed by atoms with Crippen LogP contribution in [0.2, 0.25) is 0 Å². The number of rotatable bonds is 0. The summed E-state index contributed by atoms with van der Waals surface area (Å²) in [6.45, 7) is 4.99. The Morgan fingerprint density at radius 3 is 1.50 bits per heavy atom. The van der Waals surface area contributed by atoms with Gasteiger partial charge in [0, 0.05) is 37.3 Å². The molecular formula is C5H10ErO2. The minimum atomic E-state index is -0.757. The number of aliphatic carboxylic acids is 1. The third kappa shape index (κ3) is 4.87. The van der Waals surface area contributed by atoms with Crippen LogP contribution in [0.5, 0.6) is 0 Å². The van der Waals surface area contributed by atoms with E-state index in [-0.39, 0.29) is 37.3 Å². The molecule has 8 heavy (non-hydrogen) atoms. The smallest absolute Gasteiger partial charge is 0.308 e. The molecule has 0 atom stereocenters. The molecule has 0 radical (unpaired) electrons. The summed E-state index contributed by atoms with van der Waals surface area (Å²) in [7, 11) is 0. The Morgan fingerprint density at radius 2 is 1.50 bits per heavy atom. The first-order valence-electron chi connectivity index (χ1n) is 2.18. The fourth-order valence-corrected chi connectivity index (χ4v) is 0. The molecule has 0 aliphatic carbocycles. The molecule has 54 valence electrons. The molecule has 0 bridgehead atoms. The minimum absolute atomic E-state index is 0. The van der Waals surface area contributed by atoms with Crippen molar-refractivity contribution in [3.63, 3.8) is 0 Å². The molecule has 0 fully saturated rings. The van der Waals surface area contributed by atoms with E-state index in [4.69, 9.17) is 5.11 Å². The Balaban J connectivity index is 0. The first-order chi connectivity index (χ1) is 2.94. The first-order valence-corrected chi connectivity index (χ1v) is 2.18. The van der Waals surface area contributed by atoms with Gasteiger partial charge in [0.1, 0.15) is 0 Å². The third-order valence-electron chi connectivity index (χ3n) is 0.642. The molecule has 2 nitrogen and oxygen atoms in total. The van der Waals surface area contributed by atoms with Gasteiger partial charge >= 0.3 is 5.97 Å². The van der Waals surface area contributed by atoms with E-state index in [1.165, 1.54) is 0 Å². The van der Waals surface area contributed by atoms with Crippen LogP contribution in [0.3, 0.4) is 0 Å². The molecule has 0 aromatic carbocycles. The zero-order chi connectivity index (χ0) is 6.08. The number of carbonyl (C=O) groups is 1. The first kappa shape index (κ1) is 11.5. The predicted octanol–water partition coefficient (Wildman–Crippen LogP) is 1.12. The summed E-state index contributed by atoms with van der Waals surface area (Å²) >= 11 is 0. The van der Waals surface area contributed by atoms with Gasteiger partial charge in [0.25, 0.3) is 0 Å². The van der Waals surface area contributed by atoms with Crippen molar-refractivity contribution in [3.05, 3.63) is 0 Å². The topological polar surface area (TPSA) is 37.3 Å². The fourth-order valence-electron chi connectivity index (χ4n) is 0. The van der Waals surface area contributed by atoms with Crippen molar-refractivity contribution in [1.29, 1.82) is 0 Å². The van der Waals surface area contributed by atoms with Gasteiger partial charge in [-0.2, -0.15) is 0 Å². The van der Waals surface area contributed by atoms with Gasteiger partial charge < -0.3 is 5.11 Å². The van der Waals surface area contributed by atoms with Crippen molar-refractivity contribution in [2.75, 3.05) is 0 Å². The normalized spacial score (nSPS) is 9.88. The molecule has 0 heterocycles. The van der Waals surface area contributed by atoms with E-state index in [0.29, 0.717) is 0 Å². The van der Waals surface area contributed by atoms with Crippen LogP contribution < -0.4 is 0 Å². The van der Waals surface area contributed by atoms with Crippen LogP contribution in [-0.2, 0) is 4.79 Å². The Labute approximate surface area is 78.9 Å². The second kappa shape index (κ2) is 3.69. The molecule has 0 saturated carbocycles. The Kier molecular flexibility index (Phi) is 5.30. The second-order valence-corrected chi connectivity index (χ2v) is 2.56. The van der Waals surface area contributed by atoms with Gasteiger partial charge in [-0.25, -0.2) is 0 Å². The number of carboxylic acid groups (broad SMARTS) is 1. The maximum atomic E-state index is 10.0. The van der Waals surface area contributed by atoms with Gasteiger partial charge in [-0.3, -0.25) is 4.79 Å². The average Bonchev–Trinajstić information content (AvgIpc) is 1.31. The van der Waals surface area contributed by atoms with E-state index in [2.05, 4.69) is 0 Å². The number of carboxylic acids is 1. The van der Waals surface area contributed by atoms with E-state index >= 15 is 0 Å². The van der Waals surface area contributed by atoms with Gasteiger partial charge in [0.05, 0.1) is 5.41 Å². The molecule has 3 heteroatoms. The summed E-state index contributed by atoms with van der Waals surface area (Å²) in [4.78, 5) is 10.0. The Morgan fingerprint density at radius 1 is 1.38 bits per heavy atom. The van der Waals surface area contributed by atoms with Crippen LogP contribution in [0, 0.1) is 42.7 Å². The summed E-state index contributed by atoms with van der Waals surface area (Å²) in [6, 6.07) is 0. The number of hydrogen-bond donors (Lipinski definition) is 1. The molecule has 0 rings (SSSR count). The minimum Gasteiger partial charge on any atom is -0.481 e. The SMILES string of the molecule is CC(C)(C)C(=O)O.[Er]. The van der Waals surface area contributed by atoms with Gasteiger partial charge in [0.2, 0.25) is 0 Å². The van der Waals surface area contributed by atoms with Gasteiger partial charge in [-0.1, -0.05) is 0 Å². The van der Waals surface area contributed by atoms with E-state index in [0.717, 1.165) is 0 Å². The van der Waals surface area contributed by atoms with Crippen LogP contribution in [-0.4, -0.2) is 11.1 Å². The summed E-state index contributed by atoms with van der Waals surface area (Å²) < 4.78 is 0. The van der Waals surface area contributed by atoms with E-state index in [9.17, 15) is 4.79 Å². The molecule has 1 N–H and O–H groups in total. The summed E-state index contributed by atoms with van der Waals surface area (Å²) in [6.07, 6.45) is 0. The van der Waals surface area contributed by atoms with Gasteiger partial charge in [-0.05, 0) is 20.8 Å². The van der Waals surface area contributed by atoms with Crippen molar-refractivity contribution in [2.45, 2.75) is 20.8 Å². The van der Waals surface area contributed by atoms with Gasteiger partial charge in [0.15, 0.2) is 0 Å². The maximum absolute atomic E-state index is 10.0. The van der Waals surface area contributed by atoms with Crippen molar-refractivity contribution in [2.24, 2.45) is 5.41 Å². The van der Waals surface area contributed by atoms with Crippen molar-refractivity contribution >= 4 is 5.97 Å². The largest absolute Gasteiger partial charge is 0.481 e. The van der Waals surface area contributed by atoms with Crippen LogP contribution in [0.4, 0.5) is 0 Å². The van der Waals surface area contributed by atoms with Crippen LogP contribution in [0.1, 0.15) is 20.8 Å². The summed E-state index contributed by atoms with van der Waals surface area (Å²) in [5, 5.41) is 8.25. The van der Waals surface area contributed by atoms with Crippen LogP contribution in [0.25, 0.3) is 0 Å². The zero-order valence-electron chi connectivity index (χ0n) is 5.14. The van der Waals surface area contributed by atoms with Crippen molar-refractivity contribution in [3.8, 4) is 0 Å². The summed E-state index contributed by atoms with van der Waals surface area (Å²) in [5.41, 5.74) is -0.583. The molecule has 0 unspecified atom stereocenters. The summed E-state index contributed by atoms with van der Waals surface area (Å²) in [5.74, 6) is -0.757. The van der Waals surface area contributed by atoms with E-state index in [1.54, 1.807) is 20.8 Å². The standard InChI is InChI=1S/C5H10O2.Er/c1-5(2,3)4(6)7;/h1-3H3,(H,6,7);. The Hall–Kier alpha value is 0.717. The predicted molar refractivity (Wildman–Crippen MR) is 27.1 cm³/mol. The van der Waals surface area contributed by atoms with Crippen molar-refractivity contribution in [1.82, 2.24) is 0 Å². The average molecular weight is 269 g/mol. The van der Waals surface area contributed by atoms with Gasteiger partial charge in [-0.15, -0.1) is 0 Å². The molecule has 0 saturated heterocycles. The number of hydrogen-bond acceptors (Lipinski definition) is 1. The quantitative estimate of drug-likeness (QED) is 0.715. The molecule has 0 aliphatic heterocycles. The maximum Gasteiger partial charge on any atom is 0.308 e. The molecular weight excluding hydrogens is 259 g/mol. The monoisotopic (exact) mass is 268 g/mol. The van der Waals surface area contributed by atoms with Crippen molar-refractivity contribution < 1.29 is 47.2 Å². The van der Waals surface area contributed by atoms with E-state index in [1.807, 2.05) is 0 Å². The molecule has 0 aromatic heterocycles. The van der Waals surface area contributed by atoms with Crippen LogP contribution in [0.15, 0.2) is 0 Å². The Bertz CT molecular complexity index is 82.9. The fraction of sp³-hybridized carbons (Fsp3) is 0.800. The second-order valence-electron chi connectivity index (χ2n) is 2.56. The molecule has 0 aromatic rings. The van der Waals surface area contributed by atoms with Crippen LogP contribution >= 0.6 is 0 Å². The molecule has 0 amide bonds. The zero-order valence-corrected chi connectivity index (χ0v) is 7.00. The molecule has 0 aliphatic rings. The molecule has 0 spiro atoms. The third-order valence-corrected chi connectivity index (χ3v) is 0.642. The van der Waals surface area contributed by atoms with E-state index < -0.39 is 11.4 Å².